The Morgan fingerprint density at radius 2 is 1.62 bits per heavy atom. The summed E-state index contributed by atoms with van der Waals surface area (Å²) in [4.78, 5) is 12.5. The molecule has 1 fully saturated rings. The normalized spacial score (nSPS) is 20.0. The summed E-state index contributed by atoms with van der Waals surface area (Å²) in [5, 5.41) is 9.39. The average molecular weight is 548 g/mol. The summed E-state index contributed by atoms with van der Waals surface area (Å²) in [7, 11) is -3.02. The van der Waals surface area contributed by atoms with Gasteiger partial charge in [-0.15, -0.1) is 0 Å². The van der Waals surface area contributed by atoms with Crippen LogP contribution in [0.15, 0.2) is 81.4 Å². The highest BCUT2D eigenvalue weighted by Gasteiger charge is 2.30. The number of aromatic nitrogens is 3. The number of rotatable bonds is 6. The second-order valence-electron chi connectivity index (χ2n) is 8.99. The molecule has 1 saturated carbocycles. The lowest BCUT2D eigenvalue weighted by molar-refractivity contribution is -0.0328. The summed E-state index contributed by atoms with van der Waals surface area (Å²) in [6.07, 6.45) is 4.35. The van der Waals surface area contributed by atoms with Gasteiger partial charge in [-0.1, -0.05) is 12.1 Å². The van der Waals surface area contributed by atoms with Crippen molar-refractivity contribution in [1.29, 1.82) is 4.78 Å². The van der Waals surface area contributed by atoms with E-state index in [4.69, 9.17) is 4.78 Å². The number of hydrogen-bond donors (Lipinski definition) is 3. The van der Waals surface area contributed by atoms with Gasteiger partial charge in [-0.05, 0) is 97.1 Å². The molecule has 0 aliphatic heterocycles. The molecular weight excluding hydrogens is 523 g/mol. The number of benzene rings is 2. The highest BCUT2D eigenvalue weighted by molar-refractivity contribution is 8.00. The molecule has 7 nitrogen and oxygen atoms in total. The van der Waals surface area contributed by atoms with Crippen molar-refractivity contribution in [2.75, 3.05) is 5.32 Å². The van der Waals surface area contributed by atoms with Crippen LogP contribution in [0.2, 0.25) is 0 Å². The Morgan fingerprint density at radius 1 is 0.973 bits per heavy atom. The molecule has 37 heavy (non-hydrogen) atoms. The van der Waals surface area contributed by atoms with Crippen LogP contribution in [0.25, 0.3) is 16.8 Å². The predicted molar refractivity (Wildman–Crippen MR) is 138 cm³/mol. The number of nitrogens with one attached hydrogen (secondary N) is 3. The molecule has 12 heteroatoms. The summed E-state index contributed by atoms with van der Waals surface area (Å²) >= 11 is -0.141. The van der Waals surface area contributed by atoms with E-state index in [1.54, 1.807) is 36.5 Å². The van der Waals surface area contributed by atoms with Gasteiger partial charge in [0.15, 0.2) is 5.65 Å². The third-order valence-electron chi connectivity index (χ3n) is 6.55. The molecule has 1 atom stereocenters. The predicted octanol–water partition coefficient (Wildman–Crippen LogP) is 6.13. The number of nitrogens with zero attached hydrogens (tertiary/aromatic N) is 2. The van der Waals surface area contributed by atoms with Gasteiger partial charge in [0.05, 0.1) is 9.73 Å². The van der Waals surface area contributed by atoms with Crippen LogP contribution in [-0.2, 0) is 9.73 Å². The van der Waals surface area contributed by atoms with Crippen molar-refractivity contribution < 1.29 is 17.4 Å². The molecule has 2 aromatic carbocycles. The zero-order chi connectivity index (χ0) is 26.2. The average Bonchev–Trinajstić information content (AvgIpc) is 3.25. The van der Waals surface area contributed by atoms with E-state index in [9.17, 15) is 22.2 Å². The van der Waals surface area contributed by atoms with Gasteiger partial charge in [0.25, 0.3) is 0 Å². The van der Waals surface area contributed by atoms with Crippen LogP contribution in [0, 0.1) is 4.78 Å². The van der Waals surface area contributed by atoms with Crippen LogP contribution >= 0.6 is 11.8 Å². The molecular formula is C25H24F3N5O2S2. The van der Waals surface area contributed by atoms with E-state index in [1.165, 1.54) is 16.5 Å². The highest BCUT2D eigenvalue weighted by Crippen LogP contribution is 2.37. The maximum atomic E-state index is 13.5. The summed E-state index contributed by atoms with van der Waals surface area (Å²) < 4.78 is 61.1. The fourth-order valence-electron chi connectivity index (χ4n) is 4.65. The van der Waals surface area contributed by atoms with Crippen LogP contribution in [-0.4, -0.2) is 35.6 Å². The minimum absolute atomic E-state index is 0.108. The van der Waals surface area contributed by atoms with Crippen molar-refractivity contribution >= 4 is 32.8 Å². The molecule has 2 aromatic heterocycles. The van der Waals surface area contributed by atoms with Gasteiger partial charge in [-0.25, -0.2) is 23.3 Å². The second kappa shape index (κ2) is 9.90. The first-order valence-corrected chi connectivity index (χ1v) is 14.1. The molecule has 0 amide bonds. The number of halogens is 3. The zero-order valence-corrected chi connectivity index (χ0v) is 21.1. The standard InChI is InChI=1S/C25H24F3N5O2S2/c26-25(27,28)36-20-8-4-18(5-9-20)30-19-6-12-22(13-7-19)37(29,35)21-10-1-16(2-11-21)17-3-14-23-31-32-24(34)33(23)15-17/h1-5,8-11,14-15,19,22,29-30H,6-7,12-13H2,(H,32,34). The quantitative estimate of drug-likeness (QED) is 0.252. The minimum atomic E-state index is -4.31. The van der Waals surface area contributed by atoms with Crippen molar-refractivity contribution in [1.82, 2.24) is 14.6 Å². The molecule has 0 bridgehead atoms. The van der Waals surface area contributed by atoms with E-state index < -0.39 is 15.2 Å². The topological polar surface area (TPSA) is 103 Å². The van der Waals surface area contributed by atoms with Crippen molar-refractivity contribution in [3.63, 3.8) is 0 Å². The van der Waals surface area contributed by atoms with Crippen LogP contribution in [0.3, 0.4) is 0 Å². The number of aromatic amines is 1. The smallest absolute Gasteiger partial charge is 0.382 e. The SMILES string of the molecule is N=S(=O)(c1ccc(-c2ccc3n[nH]c(=O)n3c2)cc1)C1CCC(Nc2ccc(SC(F)(F)F)cc2)CC1. The minimum Gasteiger partial charge on any atom is -0.382 e. The Hall–Kier alpha value is -3.25. The lowest BCUT2D eigenvalue weighted by Crippen LogP contribution is -2.32. The lowest BCUT2D eigenvalue weighted by atomic mass is 9.95. The number of pyridine rings is 1. The molecule has 4 aromatic rings. The van der Waals surface area contributed by atoms with Crippen molar-refractivity contribution in [2.24, 2.45) is 0 Å². The largest absolute Gasteiger partial charge is 0.446 e. The summed E-state index contributed by atoms with van der Waals surface area (Å²) in [6.45, 7) is 0. The molecule has 194 valence electrons. The number of H-pyrrole nitrogens is 1. The lowest BCUT2D eigenvalue weighted by Gasteiger charge is -2.31. The molecule has 0 saturated heterocycles. The number of fused-ring (bicyclic) bond motifs is 1. The molecule has 2 heterocycles. The summed E-state index contributed by atoms with van der Waals surface area (Å²) in [5.74, 6) is 0. The van der Waals surface area contributed by atoms with E-state index in [0.717, 1.165) is 29.7 Å². The molecule has 1 aliphatic carbocycles. The molecule has 1 unspecified atom stereocenters. The van der Waals surface area contributed by atoms with Gasteiger partial charge < -0.3 is 5.32 Å². The van der Waals surface area contributed by atoms with E-state index in [-0.39, 0.29) is 33.6 Å². The Balaban J connectivity index is 1.21. The van der Waals surface area contributed by atoms with E-state index in [0.29, 0.717) is 23.4 Å². The van der Waals surface area contributed by atoms with Gasteiger partial charge in [0.2, 0.25) is 0 Å². The van der Waals surface area contributed by atoms with Gasteiger partial charge in [0, 0.05) is 33.0 Å². The number of alkyl halides is 3. The Morgan fingerprint density at radius 3 is 2.27 bits per heavy atom. The van der Waals surface area contributed by atoms with Crippen LogP contribution < -0.4 is 11.0 Å². The molecule has 0 spiro atoms. The maximum absolute atomic E-state index is 13.5. The number of thioether (sulfide) groups is 1. The highest BCUT2D eigenvalue weighted by atomic mass is 32.2. The molecule has 1 aliphatic rings. The number of anilines is 1. The van der Waals surface area contributed by atoms with Crippen LogP contribution in [0.5, 0.6) is 0 Å². The number of hydrogen-bond acceptors (Lipinski definition) is 6. The molecule has 3 N–H and O–H groups in total. The summed E-state index contributed by atoms with van der Waals surface area (Å²) in [5.41, 5.74) is -1.75. The van der Waals surface area contributed by atoms with Gasteiger partial charge >= 0.3 is 11.2 Å². The third-order valence-corrected chi connectivity index (χ3v) is 9.67. The Labute approximate surface area is 215 Å². The van der Waals surface area contributed by atoms with Crippen molar-refractivity contribution in [2.45, 2.75) is 52.3 Å². The monoisotopic (exact) mass is 547 g/mol. The molecule has 0 radical (unpaired) electrons. The second-order valence-corrected chi connectivity index (χ2v) is 12.5. The van der Waals surface area contributed by atoms with Crippen molar-refractivity contribution in [3.8, 4) is 11.1 Å². The third kappa shape index (κ3) is 5.69. The maximum Gasteiger partial charge on any atom is 0.446 e. The van der Waals surface area contributed by atoms with Crippen LogP contribution in [0.1, 0.15) is 25.7 Å². The van der Waals surface area contributed by atoms with Gasteiger partial charge in [0.1, 0.15) is 0 Å². The Kier molecular flexibility index (Phi) is 6.80. The Bertz CT molecular complexity index is 1560. The van der Waals surface area contributed by atoms with Crippen molar-refractivity contribution in [3.05, 3.63) is 77.3 Å². The zero-order valence-electron chi connectivity index (χ0n) is 19.5. The van der Waals surface area contributed by atoms with E-state index in [1.807, 2.05) is 18.2 Å². The van der Waals surface area contributed by atoms with Gasteiger partial charge in [-0.3, -0.25) is 0 Å². The molecule has 5 rings (SSSR count). The fraction of sp³-hybridized carbons (Fsp3) is 0.280. The van der Waals surface area contributed by atoms with E-state index >= 15 is 0 Å². The summed E-state index contributed by atoms with van der Waals surface area (Å²) in [6, 6.07) is 16.9. The first-order valence-electron chi connectivity index (χ1n) is 11.7. The van der Waals surface area contributed by atoms with Crippen LogP contribution in [0.4, 0.5) is 18.9 Å². The first kappa shape index (κ1) is 25.4. The van der Waals surface area contributed by atoms with E-state index in [2.05, 4.69) is 15.5 Å². The first-order chi connectivity index (χ1) is 17.6. The van der Waals surface area contributed by atoms with Gasteiger partial charge in [-0.2, -0.15) is 18.3 Å². The fourth-order valence-corrected chi connectivity index (χ4v) is 7.05.